The van der Waals surface area contributed by atoms with Crippen molar-refractivity contribution in [3.63, 3.8) is 0 Å². The van der Waals surface area contributed by atoms with Crippen LogP contribution in [0.15, 0.2) is 54.7 Å². The molecule has 0 aliphatic carbocycles. The highest BCUT2D eigenvalue weighted by atomic mass is 16.5. The first-order valence-corrected chi connectivity index (χ1v) is 9.80. The second-order valence-electron chi connectivity index (χ2n) is 7.20. The number of aromatic nitrogens is 1. The molecule has 0 radical (unpaired) electrons. The summed E-state index contributed by atoms with van der Waals surface area (Å²) in [4.78, 5) is 18.1. The van der Waals surface area contributed by atoms with Crippen LogP contribution in [0.2, 0.25) is 0 Å². The van der Waals surface area contributed by atoms with Gasteiger partial charge < -0.3 is 14.6 Å². The third-order valence-corrected chi connectivity index (χ3v) is 5.50. The molecule has 2 heterocycles. The predicted octanol–water partition coefficient (Wildman–Crippen LogP) is 4.52. The number of H-pyrrole nitrogens is 1. The van der Waals surface area contributed by atoms with Crippen molar-refractivity contribution >= 4 is 16.8 Å². The van der Waals surface area contributed by atoms with Crippen LogP contribution < -0.4 is 4.74 Å². The van der Waals surface area contributed by atoms with Crippen molar-refractivity contribution in [1.29, 1.82) is 0 Å². The summed E-state index contributed by atoms with van der Waals surface area (Å²) in [5.41, 5.74) is 3.63. The summed E-state index contributed by atoms with van der Waals surface area (Å²) in [5.74, 6) is 1.60. The summed E-state index contributed by atoms with van der Waals surface area (Å²) >= 11 is 0. The summed E-state index contributed by atoms with van der Waals surface area (Å²) in [7, 11) is 0. The van der Waals surface area contributed by atoms with Crippen LogP contribution in [-0.4, -0.2) is 35.5 Å². The van der Waals surface area contributed by atoms with E-state index in [1.807, 2.05) is 36.1 Å². The van der Waals surface area contributed by atoms with Crippen LogP contribution in [0.3, 0.4) is 0 Å². The quantitative estimate of drug-likeness (QED) is 0.725. The molecule has 0 unspecified atom stereocenters. The Balaban J connectivity index is 1.35. The number of carbonyl (C=O) groups is 1. The summed E-state index contributed by atoms with van der Waals surface area (Å²) in [6.45, 7) is 4.29. The normalized spacial score (nSPS) is 15.2. The largest absolute Gasteiger partial charge is 0.494 e. The third kappa shape index (κ3) is 3.85. The molecule has 4 heteroatoms. The maximum absolute atomic E-state index is 12.7. The zero-order valence-electron chi connectivity index (χ0n) is 15.8. The molecule has 1 aliphatic heterocycles. The molecular formula is C23H26N2O2. The number of nitrogens with zero attached hydrogens (tertiary/aromatic N) is 1. The second-order valence-corrected chi connectivity index (χ2v) is 7.20. The van der Waals surface area contributed by atoms with Crippen LogP contribution in [0.4, 0.5) is 0 Å². The van der Waals surface area contributed by atoms with E-state index in [4.69, 9.17) is 4.74 Å². The number of aromatic amines is 1. The molecule has 0 atom stereocenters. The number of likely N-dealkylation sites (tertiary alicyclic amines) is 1. The summed E-state index contributed by atoms with van der Waals surface area (Å²) in [5, 5.41) is 1.32. The minimum atomic E-state index is 0.219. The van der Waals surface area contributed by atoms with Crippen LogP contribution in [0, 0.1) is 0 Å². The van der Waals surface area contributed by atoms with E-state index in [9.17, 15) is 4.79 Å². The molecule has 0 saturated carbocycles. The standard InChI is InChI=1S/C23H26N2O2/c1-2-27-19-9-7-17(8-10-19)15-23(26)25-13-11-18(12-14-25)21-16-24-22-6-4-3-5-20(21)22/h3-10,16,18,24H,2,11-15H2,1H3. The van der Waals surface area contributed by atoms with Crippen LogP contribution in [-0.2, 0) is 11.2 Å². The Morgan fingerprint density at radius 1 is 1.11 bits per heavy atom. The molecule has 0 bridgehead atoms. The molecule has 0 spiro atoms. The fourth-order valence-corrected chi connectivity index (χ4v) is 4.03. The van der Waals surface area contributed by atoms with Gasteiger partial charge in [0.2, 0.25) is 5.91 Å². The average Bonchev–Trinajstić information content (AvgIpc) is 3.14. The van der Waals surface area contributed by atoms with Crippen molar-refractivity contribution in [2.45, 2.75) is 32.1 Å². The number of amides is 1. The highest BCUT2D eigenvalue weighted by Crippen LogP contribution is 2.33. The molecule has 1 aromatic heterocycles. The van der Waals surface area contributed by atoms with Gasteiger partial charge in [0.1, 0.15) is 5.75 Å². The predicted molar refractivity (Wildman–Crippen MR) is 108 cm³/mol. The van der Waals surface area contributed by atoms with Crippen LogP contribution in [0.5, 0.6) is 5.75 Å². The summed E-state index contributed by atoms with van der Waals surface area (Å²) in [6.07, 6.45) is 4.66. The van der Waals surface area contributed by atoms with Gasteiger partial charge in [0.05, 0.1) is 13.0 Å². The Kier molecular flexibility index (Phi) is 5.14. The van der Waals surface area contributed by atoms with E-state index >= 15 is 0 Å². The number of hydrogen-bond donors (Lipinski definition) is 1. The fraction of sp³-hybridized carbons (Fsp3) is 0.348. The first-order chi connectivity index (χ1) is 13.2. The SMILES string of the molecule is CCOc1ccc(CC(=O)N2CCC(c3c[nH]c4ccccc34)CC2)cc1. The average molecular weight is 362 g/mol. The lowest BCUT2D eigenvalue weighted by atomic mass is 9.89. The van der Waals surface area contributed by atoms with Crippen molar-refractivity contribution in [2.75, 3.05) is 19.7 Å². The Labute approximate surface area is 160 Å². The van der Waals surface area contributed by atoms with Gasteiger partial charge in [0.25, 0.3) is 0 Å². The van der Waals surface area contributed by atoms with E-state index in [1.54, 1.807) is 0 Å². The number of rotatable bonds is 5. The van der Waals surface area contributed by atoms with E-state index in [1.165, 1.54) is 16.5 Å². The Morgan fingerprint density at radius 2 is 1.85 bits per heavy atom. The number of carbonyl (C=O) groups excluding carboxylic acids is 1. The van der Waals surface area contributed by atoms with E-state index in [-0.39, 0.29) is 5.91 Å². The number of ether oxygens (including phenoxy) is 1. The molecule has 1 amide bonds. The van der Waals surface area contributed by atoms with Gasteiger partial charge in [-0.05, 0) is 55.0 Å². The minimum Gasteiger partial charge on any atom is -0.494 e. The van der Waals surface area contributed by atoms with Crippen molar-refractivity contribution < 1.29 is 9.53 Å². The van der Waals surface area contributed by atoms with Gasteiger partial charge in [0, 0.05) is 30.2 Å². The lowest BCUT2D eigenvalue weighted by Gasteiger charge is -2.32. The van der Waals surface area contributed by atoms with Crippen LogP contribution in [0.25, 0.3) is 10.9 Å². The highest BCUT2D eigenvalue weighted by molar-refractivity contribution is 5.84. The molecule has 27 heavy (non-hydrogen) atoms. The lowest BCUT2D eigenvalue weighted by Crippen LogP contribution is -2.38. The summed E-state index contributed by atoms with van der Waals surface area (Å²) in [6, 6.07) is 16.3. The van der Waals surface area contributed by atoms with Crippen molar-refractivity contribution in [3.05, 3.63) is 65.9 Å². The van der Waals surface area contributed by atoms with Gasteiger partial charge in [-0.25, -0.2) is 0 Å². The van der Waals surface area contributed by atoms with E-state index in [0.717, 1.165) is 37.2 Å². The molecule has 2 aromatic carbocycles. The summed E-state index contributed by atoms with van der Waals surface area (Å²) < 4.78 is 5.46. The third-order valence-electron chi connectivity index (χ3n) is 5.50. The maximum Gasteiger partial charge on any atom is 0.226 e. The molecule has 3 aromatic rings. The van der Waals surface area contributed by atoms with Gasteiger partial charge >= 0.3 is 0 Å². The van der Waals surface area contributed by atoms with E-state index < -0.39 is 0 Å². The second kappa shape index (κ2) is 7.87. The van der Waals surface area contributed by atoms with Crippen LogP contribution >= 0.6 is 0 Å². The van der Waals surface area contributed by atoms with Gasteiger partial charge in [-0.2, -0.15) is 0 Å². The Bertz CT molecular complexity index is 906. The highest BCUT2D eigenvalue weighted by Gasteiger charge is 2.25. The number of benzene rings is 2. The topological polar surface area (TPSA) is 45.3 Å². The first kappa shape index (κ1) is 17.7. The monoisotopic (exact) mass is 362 g/mol. The lowest BCUT2D eigenvalue weighted by molar-refractivity contribution is -0.131. The number of fused-ring (bicyclic) bond motifs is 1. The number of hydrogen-bond acceptors (Lipinski definition) is 2. The maximum atomic E-state index is 12.7. The van der Waals surface area contributed by atoms with Crippen LogP contribution in [0.1, 0.15) is 36.8 Å². The molecule has 4 rings (SSSR count). The van der Waals surface area contributed by atoms with Gasteiger partial charge in [-0.1, -0.05) is 30.3 Å². The van der Waals surface area contributed by atoms with Gasteiger partial charge in [-0.3, -0.25) is 4.79 Å². The number of nitrogens with one attached hydrogen (secondary N) is 1. The minimum absolute atomic E-state index is 0.219. The number of piperidine rings is 1. The molecule has 1 fully saturated rings. The van der Waals surface area contributed by atoms with E-state index in [2.05, 4.69) is 35.4 Å². The molecule has 4 nitrogen and oxygen atoms in total. The molecule has 1 aliphatic rings. The van der Waals surface area contributed by atoms with Crippen molar-refractivity contribution in [3.8, 4) is 5.75 Å². The van der Waals surface area contributed by atoms with Crippen molar-refractivity contribution in [1.82, 2.24) is 9.88 Å². The van der Waals surface area contributed by atoms with Gasteiger partial charge in [0.15, 0.2) is 0 Å². The Morgan fingerprint density at radius 3 is 2.59 bits per heavy atom. The molecule has 1 saturated heterocycles. The Hall–Kier alpha value is -2.75. The van der Waals surface area contributed by atoms with Gasteiger partial charge in [-0.15, -0.1) is 0 Å². The first-order valence-electron chi connectivity index (χ1n) is 9.80. The molecular weight excluding hydrogens is 336 g/mol. The molecule has 140 valence electrons. The van der Waals surface area contributed by atoms with E-state index in [0.29, 0.717) is 18.9 Å². The number of para-hydroxylation sites is 1. The zero-order valence-corrected chi connectivity index (χ0v) is 15.8. The zero-order chi connectivity index (χ0) is 18.6. The van der Waals surface area contributed by atoms with Crippen molar-refractivity contribution in [2.24, 2.45) is 0 Å². The fourth-order valence-electron chi connectivity index (χ4n) is 4.03. The smallest absolute Gasteiger partial charge is 0.226 e. The molecule has 1 N–H and O–H groups in total.